The third-order valence-corrected chi connectivity index (χ3v) is 3.18. The van der Waals surface area contributed by atoms with Gasteiger partial charge in [-0.2, -0.15) is 0 Å². The summed E-state index contributed by atoms with van der Waals surface area (Å²) in [6, 6.07) is 11.0. The van der Waals surface area contributed by atoms with Crippen LogP contribution in [-0.4, -0.2) is 16.1 Å². The standard InChI is InChI=1S/C16H10FNO2/c17-15-5-4-10(16(19)20)8-14(15)13-3-1-2-11-9-18-7-6-12(11)13/h1-9H,(H,19,20). The van der Waals surface area contributed by atoms with Gasteiger partial charge in [-0.05, 0) is 35.2 Å². The number of rotatable bonds is 2. The largest absolute Gasteiger partial charge is 0.478 e. The van der Waals surface area contributed by atoms with Crippen LogP contribution in [0.25, 0.3) is 21.9 Å². The first kappa shape index (κ1) is 12.3. The van der Waals surface area contributed by atoms with Gasteiger partial charge in [0, 0.05) is 23.3 Å². The summed E-state index contributed by atoms with van der Waals surface area (Å²) in [6.07, 6.45) is 3.32. The Kier molecular flexibility index (Phi) is 2.91. The fourth-order valence-electron chi connectivity index (χ4n) is 2.22. The zero-order valence-electron chi connectivity index (χ0n) is 10.4. The average molecular weight is 267 g/mol. The molecule has 1 N–H and O–H groups in total. The van der Waals surface area contributed by atoms with Gasteiger partial charge in [0.05, 0.1) is 5.56 Å². The predicted molar refractivity (Wildman–Crippen MR) is 74.1 cm³/mol. The van der Waals surface area contributed by atoms with E-state index in [1.165, 1.54) is 18.2 Å². The van der Waals surface area contributed by atoms with Crippen LogP contribution in [0.5, 0.6) is 0 Å². The zero-order chi connectivity index (χ0) is 14.1. The summed E-state index contributed by atoms with van der Waals surface area (Å²) in [5.41, 5.74) is 1.000. The van der Waals surface area contributed by atoms with Crippen LogP contribution in [0.1, 0.15) is 10.4 Å². The average Bonchev–Trinajstić information content (AvgIpc) is 2.47. The number of carboxylic acids is 1. The summed E-state index contributed by atoms with van der Waals surface area (Å²) in [7, 11) is 0. The highest BCUT2D eigenvalue weighted by Crippen LogP contribution is 2.30. The van der Waals surface area contributed by atoms with E-state index in [-0.39, 0.29) is 11.1 Å². The molecule has 3 rings (SSSR count). The Labute approximate surface area is 114 Å². The van der Waals surface area contributed by atoms with Gasteiger partial charge >= 0.3 is 5.97 Å². The van der Waals surface area contributed by atoms with Crippen LogP contribution in [0.4, 0.5) is 4.39 Å². The van der Waals surface area contributed by atoms with Crippen molar-refractivity contribution in [3.63, 3.8) is 0 Å². The maximum Gasteiger partial charge on any atom is 0.335 e. The van der Waals surface area contributed by atoms with Crippen LogP contribution in [0.2, 0.25) is 0 Å². The SMILES string of the molecule is O=C(O)c1ccc(F)c(-c2cccc3cnccc23)c1. The number of pyridine rings is 1. The fourth-order valence-corrected chi connectivity index (χ4v) is 2.22. The van der Waals surface area contributed by atoms with E-state index in [0.717, 1.165) is 10.8 Å². The molecule has 20 heavy (non-hydrogen) atoms. The third-order valence-electron chi connectivity index (χ3n) is 3.18. The molecule has 1 aromatic heterocycles. The Hall–Kier alpha value is -2.75. The van der Waals surface area contributed by atoms with E-state index in [0.29, 0.717) is 5.56 Å². The fraction of sp³-hybridized carbons (Fsp3) is 0. The van der Waals surface area contributed by atoms with E-state index in [1.807, 2.05) is 6.07 Å². The Balaban J connectivity index is 2.30. The first-order valence-corrected chi connectivity index (χ1v) is 6.03. The number of carbonyl (C=O) groups is 1. The summed E-state index contributed by atoms with van der Waals surface area (Å²) in [4.78, 5) is 15.1. The second kappa shape index (κ2) is 4.74. The summed E-state index contributed by atoms with van der Waals surface area (Å²) >= 11 is 0. The quantitative estimate of drug-likeness (QED) is 0.769. The minimum atomic E-state index is -1.08. The number of nitrogens with zero attached hydrogens (tertiary/aromatic N) is 1. The number of hydrogen-bond donors (Lipinski definition) is 1. The van der Waals surface area contributed by atoms with E-state index in [4.69, 9.17) is 5.11 Å². The van der Waals surface area contributed by atoms with Crippen LogP contribution < -0.4 is 0 Å². The molecule has 98 valence electrons. The molecule has 0 spiro atoms. The molecule has 0 bridgehead atoms. The molecule has 0 radical (unpaired) electrons. The molecule has 0 aliphatic heterocycles. The second-order valence-electron chi connectivity index (χ2n) is 4.40. The summed E-state index contributed by atoms with van der Waals surface area (Å²) in [6.45, 7) is 0. The van der Waals surface area contributed by atoms with Crippen molar-refractivity contribution >= 4 is 16.7 Å². The number of halogens is 1. The normalized spacial score (nSPS) is 10.7. The maximum absolute atomic E-state index is 14.0. The molecule has 3 nitrogen and oxygen atoms in total. The highest BCUT2D eigenvalue weighted by Gasteiger charge is 2.12. The highest BCUT2D eigenvalue weighted by atomic mass is 19.1. The molecule has 0 atom stereocenters. The molecular weight excluding hydrogens is 257 g/mol. The van der Waals surface area contributed by atoms with Crippen LogP contribution in [-0.2, 0) is 0 Å². The summed E-state index contributed by atoms with van der Waals surface area (Å²) < 4.78 is 14.0. The van der Waals surface area contributed by atoms with Crippen molar-refractivity contribution in [3.8, 4) is 11.1 Å². The highest BCUT2D eigenvalue weighted by molar-refractivity contribution is 5.98. The number of benzene rings is 2. The molecular formula is C16H10FNO2. The lowest BCUT2D eigenvalue weighted by molar-refractivity contribution is 0.0697. The topological polar surface area (TPSA) is 50.2 Å². The molecule has 0 saturated heterocycles. The molecule has 3 aromatic rings. The van der Waals surface area contributed by atoms with Crippen LogP contribution in [0.15, 0.2) is 54.9 Å². The molecule has 0 saturated carbocycles. The van der Waals surface area contributed by atoms with Crippen molar-refractivity contribution in [2.45, 2.75) is 0 Å². The van der Waals surface area contributed by atoms with Gasteiger partial charge in [0.25, 0.3) is 0 Å². The van der Waals surface area contributed by atoms with Gasteiger partial charge in [-0.15, -0.1) is 0 Å². The van der Waals surface area contributed by atoms with Crippen molar-refractivity contribution < 1.29 is 14.3 Å². The van der Waals surface area contributed by atoms with Crippen molar-refractivity contribution in [1.29, 1.82) is 0 Å². The Morgan fingerprint density at radius 3 is 2.75 bits per heavy atom. The summed E-state index contributed by atoms with van der Waals surface area (Å²) in [5.74, 6) is -1.52. The molecule has 0 aliphatic rings. The number of aromatic nitrogens is 1. The van der Waals surface area contributed by atoms with E-state index < -0.39 is 11.8 Å². The van der Waals surface area contributed by atoms with Crippen molar-refractivity contribution in [3.05, 3.63) is 66.2 Å². The second-order valence-corrected chi connectivity index (χ2v) is 4.40. The first-order chi connectivity index (χ1) is 9.66. The van der Waals surface area contributed by atoms with E-state index in [2.05, 4.69) is 4.98 Å². The molecule has 0 amide bonds. The molecule has 4 heteroatoms. The molecule has 1 heterocycles. The molecule has 2 aromatic carbocycles. The van der Waals surface area contributed by atoms with Gasteiger partial charge in [-0.1, -0.05) is 18.2 Å². The minimum absolute atomic E-state index is 0.0625. The lowest BCUT2D eigenvalue weighted by atomic mass is 9.97. The van der Waals surface area contributed by atoms with Crippen molar-refractivity contribution in [2.24, 2.45) is 0 Å². The van der Waals surface area contributed by atoms with Crippen molar-refractivity contribution in [2.75, 3.05) is 0 Å². The Bertz CT molecular complexity index is 809. The maximum atomic E-state index is 14.0. The van der Waals surface area contributed by atoms with Gasteiger partial charge in [0.15, 0.2) is 0 Å². The molecule has 0 unspecified atom stereocenters. The van der Waals surface area contributed by atoms with E-state index in [1.54, 1.807) is 30.6 Å². The van der Waals surface area contributed by atoms with Gasteiger partial charge in [0.2, 0.25) is 0 Å². The lowest BCUT2D eigenvalue weighted by Gasteiger charge is -2.08. The van der Waals surface area contributed by atoms with Gasteiger partial charge in [-0.3, -0.25) is 4.98 Å². The Morgan fingerprint density at radius 2 is 1.95 bits per heavy atom. The number of carboxylic acid groups (broad SMARTS) is 1. The number of fused-ring (bicyclic) bond motifs is 1. The lowest BCUT2D eigenvalue weighted by Crippen LogP contribution is -1.98. The zero-order valence-corrected chi connectivity index (χ0v) is 10.4. The smallest absolute Gasteiger partial charge is 0.335 e. The minimum Gasteiger partial charge on any atom is -0.478 e. The van der Waals surface area contributed by atoms with Crippen LogP contribution in [0, 0.1) is 5.82 Å². The molecule has 0 aliphatic carbocycles. The third kappa shape index (κ3) is 2.01. The predicted octanol–water partition coefficient (Wildman–Crippen LogP) is 3.74. The van der Waals surface area contributed by atoms with E-state index in [9.17, 15) is 9.18 Å². The first-order valence-electron chi connectivity index (χ1n) is 6.03. The van der Waals surface area contributed by atoms with Gasteiger partial charge in [-0.25, -0.2) is 9.18 Å². The number of aromatic carboxylic acids is 1. The number of hydrogen-bond acceptors (Lipinski definition) is 2. The van der Waals surface area contributed by atoms with Crippen LogP contribution in [0.3, 0.4) is 0 Å². The van der Waals surface area contributed by atoms with Crippen molar-refractivity contribution in [1.82, 2.24) is 4.98 Å². The summed E-state index contributed by atoms with van der Waals surface area (Å²) in [5, 5.41) is 10.7. The van der Waals surface area contributed by atoms with Crippen LogP contribution >= 0.6 is 0 Å². The molecule has 0 fully saturated rings. The van der Waals surface area contributed by atoms with Gasteiger partial charge in [0.1, 0.15) is 5.82 Å². The Morgan fingerprint density at radius 1 is 1.10 bits per heavy atom. The van der Waals surface area contributed by atoms with Gasteiger partial charge < -0.3 is 5.11 Å². The monoisotopic (exact) mass is 267 g/mol. The van der Waals surface area contributed by atoms with E-state index >= 15 is 0 Å².